The molecule has 0 amide bonds. The molecule has 0 bridgehead atoms. The number of H-pyrrole nitrogens is 1. The molecule has 0 fully saturated rings. The highest BCUT2D eigenvalue weighted by molar-refractivity contribution is 5.92. The molecule has 9 nitrogen and oxygen atoms in total. The number of aromatic carboxylic acids is 1. The third-order valence-corrected chi connectivity index (χ3v) is 2.23. The molecule has 0 aliphatic heterocycles. The summed E-state index contributed by atoms with van der Waals surface area (Å²) in [5.74, 6) is -1.30. The number of nitrogens with zero attached hydrogens (tertiary/aromatic N) is 3. The summed E-state index contributed by atoms with van der Waals surface area (Å²) in [6.07, 6.45) is 1.05. The Balaban J connectivity index is 2.73. The van der Waals surface area contributed by atoms with Gasteiger partial charge in [-0.15, -0.1) is 0 Å². The van der Waals surface area contributed by atoms with Crippen LogP contribution < -0.4 is 5.69 Å². The van der Waals surface area contributed by atoms with Gasteiger partial charge in [0.2, 0.25) is 0 Å². The van der Waals surface area contributed by atoms with E-state index in [-0.39, 0.29) is 16.9 Å². The first kappa shape index (κ1) is 11.5. The Morgan fingerprint density at radius 1 is 1.50 bits per heavy atom. The SMILES string of the molecule is O=C(O)c1ccc([N+](=O)[O-])cc1-n1cn[nH]c1=O. The number of non-ortho nitro benzene ring substituents is 1. The van der Waals surface area contributed by atoms with Gasteiger partial charge in [-0.2, -0.15) is 5.10 Å². The molecule has 0 unspecified atom stereocenters. The third kappa shape index (κ3) is 1.84. The molecule has 9 heteroatoms. The number of nitrogens with one attached hydrogen (secondary N) is 1. The van der Waals surface area contributed by atoms with E-state index in [2.05, 4.69) is 10.2 Å². The van der Waals surface area contributed by atoms with Gasteiger partial charge in [-0.3, -0.25) is 10.1 Å². The van der Waals surface area contributed by atoms with Gasteiger partial charge in [0.15, 0.2) is 0 Å². The van der Waals surface area contributed by atoms with Gasteiger partial charge in [-0.1, -0.05) is 0 Å². The zero-order chi connectivity index (χ0) is 13.3. The highest BCUT2D eigenvalue weighted by atomic mass is 16.6. The van der Waals surface area contributed by atoms with E-state index < -0.39 is 16.6 Å². The summed E-state index contributed by atoms with van der Waals surface area (Å²) in [6, 6.07) is 3.12. The van der Waals surface area contributed by atoms with E-state index in [1.165, 1.54) is 0 Å². The maximum atomic E-state index is 11.4. The van der Waals surface area contributed by atoms with Crippen LogP contribution in [0.2, 0.25) is 0 Å². The van der Waals surface area contributed by atoms with E-state index in [0.29, 0.717) is 0 Å². The fraction of sp³-hybridized carbons (Fsp3) is 0. The van der Waals surface area contributed by atoms with Crippen LogP contribution in [0.1, 0.15) is 10.4 Å². The summed E-state index contributed by atoms with van der Waals surface area (Å²) in [4.78, 5) is 32.3. The molecule has 2 N–H and O–H groups in total. The smallest absolute Gasteiger partial charge is 0.347 e. The van der Waals surface area contributed by atoms with E-state index in [0.717, 1.165) is 29.1 Å². The van der Waals surface area contributed by atoms with Crippen LogP contribution in [0.15, 0.2) is 29.3 Å². The third-order valence-electron chi connectivity index (χ3n) is 2.23. The zero-order valence-electron chi connectivity index (χ0n) is 8.73. The molecule has 0 radical (unpaired) electrons. The second kappa shape index (κ2) is 4.13. The van der Waals surface area contributed by atoms with Crippen LogP contribution in [0.25, 0.3) is 5.69 Å². The number of hydrogen-bond acceptors (Lipinski definition) is 5. The molecular weight excluding hydrogens is 244 g/mol. The molecule has 18 heavy (non-hydrogen) atoms. The van der Waals surface area contributed by atoms with Gasteiger partial charge in [0, 0.05) is 12.1 Å². The van der Waals surface area contributed by atoms with Gasteiger partial charge in [0.1, 0.15) is 6.33 Å². The van der Waals surface area contributed by atoms with Gasteiger partial charge in [0.25, 0.3) is 5.69 Å². The largest absolute Gasteiger partial charge is 0.478 e. The van der Waals surface area contributed by atoms with Crippen molar-refractivity contribution in [2.75, 3.05) is 0 Å². The lowest BCUT2D eigenvalue weighted by molar-refractivity contribution is -0.384. The molecule has 0 spiro atoms. The highest BCUT2D eigenvalue weighted by Crippen LogP contribution is 2.20. The molecule has 0 saturated heterocycles. The lowest BCUT2D eigenvalue weighted by Crippen LogP contribution is -2.17. The van der Waals surface area contributed by atoms with Crippen molar-refractivity contribution in [3.05, 3.63) is 50.7 Å². The van der Waals surface area contributed by atoms with E-state index in [1.807, 2.05) is 0 Å². The van der Waals surface area contributed by atoms with Crippen molar-refractivity contribution in [1.82, 2.24) is 14.8 Å². The van der Waals surface area contributed by atoms with Crippen molar-refractivity contribution in [1.29, 1.82) is 0 Å². The number of carboxylic acid groups (broad SMARTS) is 1. The van der Waals surface area contributed by atoms with Crippen molar-refractivity contribution < 1.29 is 14.8 Å². The monoisotopic (exact) mass is 250 g/mol. The Kier molecular flexibility index (Phi) is 2.64. The minimum absolute atomic E-state index is 0.115. The molecular formula is C9H6N4O5. The maximum Gasteiger partial charge on any atom is 0.347 e. The van der Waals surface area contributed by atoms with Crippen LogP contribution in [-0.4, -0.2) is 30.8 Å². The van der Waals surface area contributed by atoms with Gasteiger partial charge in [-0.25, -0.2) is 19.3 Å². The van der Waals surface area contributed by atoms with Crippen LogP contribution in [0.3, 0.4) is 0 Å². The molecule has 1 aromatic heterocycles. The van der Waals surface area contributed by atoms with Crippen LogP contribution in [0, 0.1) is 10.1 Å². The van der Waals surface area contributed by atoms with Crippen molar-refractivity contribution in [3.8, 4) is 5.69 Å². The number of rotatable bonds is 3. The number of aromatic amines is 1. The number of aromatic nitrogens is 3. The molecule has 2 aromatic rings. The van der Waals surface area contributed by atoms with Crippen molar-refractivity contribution >= 4 is 11.7 Å². The fourth-order valence-corrected chi connectivity index (χ4v) is 1.43. The van der Waals surface area contributed by atoms with Crippen molar-refractivity contribution in [2.45, 2.75) is 0 Å². The van der Waals surface area contributed by atoms with Crippen LogP contribution >= 0.6 is 0 Å². The zero-order valence-corrected chi connectivity index (χ0v) is 8.73. The van der Waals surface area contributed by atoms with Gasteiger partial charge in [0.05, 0.1) is 16.2 Å². The predicted octanol–water partition coefficient (Wildman–Crippen LogP) is 0.167. The average molecular weight is 250 g/mol. The summed E-state index contributed by atoms with van der Waals surface area (Å²) in [5.41, 5.74) is -1.35. The molecule has 0 atom stereocenters. The minimum atomic E-state index is -1.30. The van der Waals surface area contributed by atoms with Crippen molar-refractivity contribution in [3.63, 3.8) is 0 Å². The van der Waals surface area contributed by atoms with Gasteiger partial charge in [-0.05, 0) is 6.07 Å². The van der Waals surface area contributed by atoms with E-state index in [4.69, 9.17) is 5.11 Å². The second-order valence-electron chi connectivity index (χ2n) is 3.30. The summed E-state index contributed by atoms with van der Waals surface area (Å²) >= 11 is 0. The average Bonchev–Trinajstić information content (AvgIpc) is 2.74. The fourth-order valence-electron chi connectivity index (χ4n) is 1.43. The maximum absolute atomic E-state index is 11.4. The van der Waals surface area contributed by atoms with Gasteiger partial charge >= 0.3 is 11.7 Å². The molecule has 0 saturated carbocycles. The topological polar surface area (TPSA) is 131 Å². The Hall–Kier alpha value is -2.97. The lowest BCUT2D eigenvalue weighted by atomic mass is 10.1. The number of hydrogen-bond donors (Lipinski definition) is 2. The number of benzene rings is 1. The van der Waals surface area contributed by atoms with Crippen LogP contribution in [0.4, 0.5) is 5.69 Å². The van der Waals surface area contributed by atoms with Crippen LogP contribution in [0.5, 0.6) is 0 Å². The highest BCUT2D eigenvalue weighted by Gasteiger charge is 2.17. The van der Waals surface area contributed by atoms with E-state index in [1.54, 1.807) is 0 Å². The summed E-state index contributed by atoms with van der Waals surface area (Å²) < 4.78 is 0.885. The Morgan fingerprint density at radius 2 is 2.22 bits per heavy atom. The molecule has 0 aliphatic rings. The van der Waals surface area contributed by atoms with Crippen molar-refractivity contribution in [2.24, 2.45) is 0 Å². The molecule has 1 aromatic carbocycles. The summed E-state index contributed by atoms with van der Waals surface area (Å²) in [5, 5.41) is 25.1. The molecule has 1 heterocycles. The standard InChI is InChI=1S/C9H6N4O5/c14-8(15)6-2-1-5(13(17)18)3-7(6)12-4-10-11-9(12)16/h1-4H,(H,11,16)(H,14,15). The first-order chi connectivity index (χ1) is 8.50. The Labute approximate surface area is 98.5 Å². The van der Waals surface area contributed by atoms with Crippen LogP contribution in [-0.2, 0) is 0 Å². The second-order valence-corrected chi connectivity index (χ2v) is 3.30. The predicted molar refractivity (Wildman–Crippen MR) is 57.8 cm³/mol. The molecule has 2 rings (SSSR count). The number of nitro groups is 1. The summed E-state index contributed by atoms with van der Waals surface area (Å²) in [6.45, 7) is 0. The number of nitro benzene ring substituents is 1. The lowest BCUT2D eigenvalue weighted by Gasteiger charge is -2.04. The minimum Gasteiger partial charge on any atom is -0.478 e. The number of carbonyl (C=O) groups is 1. The Morgan fingerprint density at radius 3 is 2.72 bits per heavy atom. The first-order valence-corrected chi connectivity index (χ1v) is 4.65. The molecule has 92 valence electrons. The Bertz CT molecular complexity index is 686. The van der Waals surface area contributed by atoms with Gasteiger partial charge < -0.3 is 5.11 Å². The first-order valence-electron chi connectivity index (χ1n) is 4.65. The van der Waals surface area contributed by atoms with E-state index in [9.17, 15) is 19.7 Å². The summed E-state index contributed by atoms with van der Waals surface area (Å²) in [7, 11) is 0. The molecule has 0 aliphatic carbocycles. The normalized spacial score (nSPS) is 10.2. The number of carboxylic acids is 1. The quantitative estimate of drug-likeness (QED) is 0.589. The van der Waals surface area contributed by atoms with E-state index >= 15 is 0 Å².